The Morgan fingerprint density at radius 2 is 2.33 bits per heavy atom. The van der Waals surface area contributed by atoms with E-state index in [1.54, 1.807) is 0 Å². The third-order valence-electron chi connectivity index (χ3n) is 1.74. The highest BCUT2D eigenvalue weighted by molar-refractivity contribution is 4.82. The van der Waals surface area contributed by atoms with Gasteiger partial charge in [-0.2, -0.15) is 5.21 Å². The summed E-state index contributed by atoms with van der Waals surface area (Å²) in [6.45, 7) is 2.13. The molecule has 1 aromatic rings. The second-order valence-electron chi connectivity index (χ2n) is 2.78. The third-order valence-corrected chi connectivity index (χ3v) is 1.74. The number of hydrogen-bond acceptors (Lipinski definition) is 4. The molecule has 68 valence electrons. The van der Waals surface area contributed by atoms with Crippen molar-refractivity contribution in [3.8, 4) is 0 Å². The first-order chi connectivity index (χ1) is 5.84. The fourth-order valence-electron chi connectivity index (χ4n) is 1.03. The molecule has 1 heterocycles. The van der Waals surface area contributed by atoms with Crippen LogP contribution in [0.3, 0.4) is 0 Å². The molecule has 0 radical (unpaired) electrons. The Hall–Kier alpha value is -0.970. The van der Waals surface area contributed by atoms with Crippen molar-refractivity contribution in [2.45, 2.75) is 38.7 Å². The van der Waals surface area contributed by atoms with Crippen LogP contribution in [0.4, 0.5) is 0 Å². The Kier molecular flexibility index (Phi) is 3.66. The maximum Gasteiger partial charge on any atom is 0.202 e. The fourth-order valence-corrected chi connectivity index (χ4v) is 1.03. The smallest absolute Gasteiger partial charge is 0.202 e. The van der Waals surface area contributed by atoms with E-state index in [-0.39, 0.29) is 0 Å². The molecule has 0 aromatic carbocycles. The van der Waals surface area contributed by atoms with Gasteiger partial charge in [0.2, 0.25) is 5.82 Å². The molecule has 0 bridgehead atoms. The lowest BCUT2D eigenvalue weighted by Crippen LogP contribution is -1.99. The Morgan fingerprint density at radius 1 is 1.50 bits per heavy atom. The van der Waals surface area contributed by atoms with Crippen molar-refractivity contribution in [3.63, 3.8) is 0 Å². The van der Waals surface area contributed by atoms with Crippen molar-refractivity contribution in [1.29, 1.82) is 0 Å². The molecular formula is C7H14N4O. The van der Waals surface area contributed by atoms with Crippen molar-refractivity contribution >= 4 is 0 Å². The summed E-state index contributed by atoms with van der Waals surface area (Å²) in [6.07, 6.45) is 3.45. The van der Waals surface area contributed by atoms with E-state index in [1.807, 2.05) is 0 Å². The van der Waals surface area contributed by atoms with Crippen molar-refractivity contribution in [3.05, 3.63) is 5.82 Å². The van der Waals surface area contributed by atoms with Crippen LogP contribution in [0, 0.1) is 0 Å². The molecule has 0 spiro atoms. The molecule has 0 amide bonds. The van der Waals surface area contributed by atoms with Gasteiger partial charge in [0.15, 0.2) is 0 Å². The van der Waals surface area contributed by atoms with Gasteiger partial charge in [-0.05, 0) is 6.42 Å². The van der Waals surface area contributed by atoms with Crippen LogP contribution in [0.1, 0.15) is 44.5 Å². The Labute approximate surface area is 71.2 Å². The fraction of sp³-hybridized carbons (Fsp3) is 0.857. The van der Waals surface area contributed by atoms with Crippen LogP contribution >= 0.6 is 0 Å². The van der Waals surface area contributed by atoms with Crippen molar-refractivity contribution in [2.24, 2.45) is 0 Å². The lowest BCUT2D eigenvalue weighted by molar-refractivity contribution is 0.154. The second kappa shape index (κ2) is 4.82. The first-order valence-electron chi connectivity index (χ1n) is 4.26. The van der Waals surface area contributed by atoms with E-state index in [0.717, 1.165) is 19.3 Å². The number of nitrogens with zero attached hydrogens (tertiary/aromatic N) is 3. The van der Waals surface area contributed by atoms with E-state index in [9.17, 15) is 5.11 Å². The van der Waals surface area contributed by atoms with E-state index in [0.29, 0.717) is 12.2 Å². The van der Waals surface area contributed by atoms with Crippen molar-refractivity contribution in [1.82, 2.24) is 20.6 Å². The van der Waals surface area contributed by atoms with Gasteiger partial charge in [0, 0.05) is 0 Å². The minimum absolute atomic E-state index is 0.395. The average molecular weight is 170 g/mol. The molecule has 0 aliphatic rings. The molecule has 1 atom stereocenters. The van der Waals surface area contributed by atoms with E-state index in [2.05, 4.69) is 27.5 Å². The van der Waals surface area contributed by atoms with Crippen LogP contribution < -0.4 is 0 Å². The van der Waals surface area contributed by atoms with Crippen molar-refractivity contribution < 1.29 is 5.11 Å². The maximum atomic E-state index is 9.45. The van der Waals surface area contributed by atoms with Gasteiger partial charge in [0.1, 0.15) is 6.10 Å². The monoisotopic (exact) mass is 170 g/mol. The van der Waals surface area contributed by atoms with Crippen LogP contribution in [0.2, 0.25) is 0 Å². The molecule has 0 saturated carbocycles. The van der Waals surface area contributed by atoms with E-state index in [1.165, 1.54) is 0 Å². The van der Waals surface area contributed by atoms with Gasteiger partial charge in [0.25, 0.3) is 0 Å². The average Bonchev–Trinajstić information content (AvgIpc) is 2.56. The molecule has 2 N–H and O–H groups in total. The third kappa shape index (κ3) is 2.58. The maximum absolute atomic E-state index is 9.45. The topological polar surface area (TPSA) is 74.7 Å². The summed E-state index contributed by atoms with van der Waals surface area (Å²) in [5.41, 5.74) is 0. The van der Waals surface area contributed by atoms with Gasteiger partial charge in [-0.15, -0.1) is 10.2 Å². The summed E-state index contributed by atoms with van der Waals surface area (Å²) >= 11 is 0. The number of H-pyrrole nitrogens is 1. The first kappa shape index (κ1) is 9.12. The number of aromatic amines is 1. The summed E-state index contributed by atoms with van der Waals surface area (Å²) in [5.74, 6) is 0.395. The molecule has 0 saturated heterocycles. The lowest BCUT2D eigenvalue weighted by atomic mass is 10.1. The molecule has 5 nitrogen and oxygen atoms in total. The van der Waals surface area contributed by atoms with Gasteiger partial charge in [-0.3, -0.25) is 0 Å². The standard InChI is InChI=1S/C7H14N4O/c1-2-3-4-5-6(12)7-8-10-11-9-7/h6,12H,2-5H2,1H3,(H,8,9,10,11). The van der Waals surface area contributed by atoms with Crippen LogP contribution in [-0.4, -0.2) is 25.7 Å². The Bertz CT molecular complexity index is 199. The number of aliphatic hydroxyl groups excluding tert-OH is 1. The van der Waals surface area contributed by atoms with Gasteiger partial charge in [-0.1, -0.05) is 31.4 Å². The van der Waals surface area contributed by atoms with Crippen LogP contribution in [0.5, 0.6) is 0 Å². The number of hydrogen-bond donors (Lipinski definition) is 2. The number of nitrogens with one attached hydrogen (secondary N) is 1. The first-order valence-corrected chi connectivity index (χ1v) is 4.26. The molecule has 1 unspecified atom stereocenters. The highest BCUT2D eigenvalue weighted by Crippen LogP contribution is 2.14. The van der Waals surface area contributed by atoms with E-state index >= 15 is 0 Å². The summed E-state index contributed by atoms with van der Waals surface area (Å²) in [7, 11) is 0. The quantitative estimate of drug-likeness (QED) is 0.641. The molecule has 1 rings (SSSR count). The van der Waals surface area contributed by atoms with E-state index < -0.39 is 6.10 Å². The lowest BCUT2D eigenvalue weighted by Gasteiger charge is -2.03. The minimum Gasteiger partial charge on any atom is -0.385 e. The largest absolute Gasteiger partial charge is 0.385 e. The minimum atomic E-state index is -0.560. The second-order valence-corrected chi connectivity index (χ2v) is 2.78. The molecular weight excluding hydrogens is 156 g/mol. The van der Waals surface area contributed by atoms with Gasteiger partial charge < -0.3 is 5.11 Å². The Morgan fingerprint density at radius 3 is 2.92 bits per heavy atom. The van der Waals surface area contributed by atoms with Crippen LogP contribution in [-0.2, 0) is 0 Å². The SMILES string of the molecule is CCCCCC(O)c1nn[nH]n1. The summed E-state index contributed by atoms with van der Waals surface area (Å²) < 4.78 is 0. The molecule has 12 heavy (non-hydrogen) atoms. The number of rotatable bonds is 5. The zero-order valence-corrected chi connectivity index (χ0v) is 7.19. The summed E-state index contributed by atoms with van der Waals surface area (Å²) in [5, 5.41) is 22.5. The number of unbranched alkanes of at least 4 members (excludes halogenated alkanes) is 2. The van der Waals surface area contributed by atoms with Crippen molar-refractivity contribution in [2.75, 3.05) is 0 Å². The zero-order valence-electron chi connectivity index (χ0n) is 7.19. The number of aliphatic hydroxyl groups is 1. The number of tetrazole rings is 1. The van der Waals surface area contributed by atoms with Gasteiger partial charge in [0.05, 0.1) is 0 Å². The molecule has 5 heteroatoms. The predicted molar refractivity (Wildman–Crippen MR) is 43.3 cm³/mol. The highest BCUT2D eigenvalue weighted by atomic mass is 16.3. The van der Waals surface area contributed by atoms with E-state index in [4.69, 9.17) is 0 Å². The Balaban J connectivity index is 2.25. The predicted octanol–water partition coefficient (Wildman–Crippen LogP) is 0.813. The van der Waals surface area contributed by atoms with Crippen LogP contribution in [0.25, 0.3) is 0 Å². The molecule has 0 aliphatic carbocycles. The zero-order chi connectivity index (χ0) is 8.81. The molecule has 0 aliphatic heterocycles. The molecule has 1 aromatic heterocycles. The normalized spacial score (nSPS) is 13.2. The highest BCUT2D eigenvalue weighted by Gasteiger charge is 2.10. The summed E-state index contributed by atoms with van der Waals surface area (Å²) in [6, 6.07) is 0. The van der Waals surface area contributed by atoms with Crippen LogP contribution in [0.15, 0.2) is 0 Å². The number of aromatic nitrogens is 4. The van der Waals surface area contributed by atoms with Gasteiger partial charge in [-0.25, -0.2) is 0 Å². The van der Waals surface area contributed by atoms with Gasteiger partial charge >= 0.3 is 0 Å². The molecule has 0 fully saturated rings. The summed E-state index contributed by atoms with van der Waals surface area (Å²) in [4.78, 5) is 0.